The van der Waals surface area contributed by atoms with E-state index in [0.29, 0.717) is 30.7 Å². The first kappa shape index (κ1) is 29.2. The lowest BCUT2D eigenvalue weighted by molar-refractivity contribution is -0.384. The number of carbonyl (C=O) groups is 2. The Labute approximate surface area is 250 Å². The molecule has 3 aromatic rings. The number of nitrogens with zero attached hydrogens (tertiary/aromatic N) is 2. The number of ether oxygens (including phenoxy) is 2. The topological polar surface area (TPSA) is 128 Å². The minimum absolute atomic E-state index is 0.00525. The van der Waals surface area contributed by atoms with Gasteiger partial charge in [0.1, 0.15) is 28.7 Å². The lowest BCUT2D eigenvalue weighted by atomic mass is 10.1. The monoisotopic (exact) mass is 686 g/mol. The van der Waals surface area contributed by atoms with Crippen molar-refractivity contribution in [2.24, 2.45) is 4.99 Å². The molecule has 4 rings (SSSR count). The summed E-state index contributed by atoms with van der Waals surface area (Å²) in [6.45, 7) is 1.90. The van der Waals surface area contributed by atoms with Crippen molar-refractivity contribution in [2.45, 2.75) is 13.5 Å². The van der Waals surface area contributed by atoms with Crippen molar-refractivity contribution in [3.05, 3.63) is 119 Å². The Morgan fingerprint density at radius 2 is 1.73 bits per heavy atom. The maximum atomic E-state index is 12.7. The molecule has 1 N–H and O–H groups in total. The molecule has 0 fully saturated rings. The van der Waals surface area contributed by atoms with Gasteiger partial charge in [-0.25, -0.2) is 9.79 Å². The van der Waals surface area contributed by atoms with Crippen LogP contribution in [0.5, 0.6) is 5.75 Å². The number of nitro benzene ring substituents is 1. The van der Waals surface area contributed by atoms with E-state index in [0.717, 1.165) is 17.3 Å². The second-order valence-electron chi connectivity index (χ2n) is 8.17. The Morgan fingerprint density at radius 3 is 2.33 bits per heavy atom. The summed E-state index contributed by atoms with van der Waals surface area (Å²) in [7, 11) is 0. The summed E-state index contributed by atoms with van der Waals surface area (Å²) in [4.78, 5) is 40.1. The van der Waals surface area contributed by atoms with Crippen LogP contribution >= 0.6 is 43.6 Å². The molecule has 1 aliphatic heterocycles. The largest absolute Gasteiger partial charge is 0.506 e. The van der Waals surface area contributed by atoms with Crippen LogP contribution in [0.15, 0.2) is 96.9 Å². The number of benzene rings is 3. The number of non-ortho nitro benzene ring substituents is 1. The van der Waals surface area contributed by atoms with E-state index in [-0.39, 0.29) is 35.3 Å². The first-order valence-corrected chi connectivity index (χ1v) is 14.1. The number of carbonyl (C=O) groups excluding carboxylic acids is 2. The summed E-state index contributed by atoms with van der Waals surface area (Å²) in [5.41, 5.74) is 1.55. The number of rotatable bonds is 8. The molecule has 0 atom stereocenters. The van der Waals surface area contributed by atoms with Gasteiger partial charge >= 0.3 is 5.97 Å². The van der Waals surface area contributed by atoms with E-state index in [4.69, 9.17) is 9.47 Å². The predicted molar refractivity (Wildman–Crippen MR) is 159 cm³/mol. The Bertz CT molecular complexity index is 1550. The normalized spacial score (nSPS) is 15.0. The summed E-state index contributed by atoms with van der Waals surface area (Å²) >= 11 is 7.97. The second-order valence-corrected chi connectivity index (χ2v) is 10.9. The Morgan fingerprint density at radius 1 is 1.07 bits per heavy atom. The summed E-state index contributed by atoms with van der Waals surface area (Å²) < 4.78 is 12.2. The molecule has 9 nitrogen and oxygen atoms in total. The average Bonchev–Trinajstić information content (AvgIpc) is 3.23. The van der Waals surface area contributed by atoms with Crippen LogP contribution in [0, 0.1) is 10.1 Å². The van der Waals surface area contributed by atoms with E-state index >= 15 is 0 Å². The average molecular weight is 688 g/mol. The fourth-order valence-corrected chi connectivity index (χ4v) is 6.01. The van der Waals surface area contributed by atoms with Crippen LogP contribution < -0.4 is 4.74 Å². The van der Waals surface area contributed by atoms with Gasteiger partial charge in [0.25, 0.3) is 11.6 Å². The van der Waals surface area contributed by atoms with Gasteiger partial charge in [-0.05, 0) is 92.4 Å². The highest BCUT2D eigenvalue weighted by atomic mass is 79.9. The number of hydrogen-bond acceptors (Lipinski definition) is 8. The minimum Gasteiger partial charge on any atom is -0.506 e. The lowest BCUT2D eigenvalue weighted by Gasteiger charge is -2.12. The fourth-order valence-electron chi connectivity index (χ4n) is 3.55. The van der Waals surface area contributed by atoms with Crippen molar-refractivity contribution in [1.82, 2.24) is 0 Å². The number of halogens is 2. The fraction of sp³-hybridized carbons (Fsp3) is 0.107. The number of nitro groups is 1. The third kappa shape index (κ3) is 6.87. The van der Waals surface area contributed by atoms with Crippen molar-refractivity contribution in [3.63, 3.8) is 0 Å². The van der Waals surface area contributed by atoms with E-state index in [1.807, 2.05) is 0 Å². The minimum atomic E-state index is -0.784. The molecule has 12 heteroatoms. The molecular weight excluding hydrogens is 668 g/mol. The van der Waals surface area contributed by atoms with Crippen molar-refractivity contribution >= 4 is 72.3 Å². The molecular formula is C28H20Br2N2O7S. The van der Waals surface area contributed by atoms with E-state index < -0.39 is 16.8 Å². The molecule has 1 heterocycles. The molecule has 0 aliphatic carbocycles. The lowest BCUT2D eigenvalue weighted by Crippen LogP contribution is -2.14. The number of thioether (sulfide) groups is 1. The van der Waals surface area contributed by atoms with Gasteiger partial charge in [0.2, 0.25) is 0 Å². The number of hydrogen-bond donors (Lipinski definition) is 1. The molecule has 1 amide bonds. The molecule has 204 valence electrons. The van der Waals surface area contributed by atoms with Gasteiger partial charge in [0, 0.05) is 17.7 Å². The molecule has 40 heavy (non-hydrogen) atoms. The number of esters is 1. The van der Waals surface area contributed by atoms with Crippen LogP contribution in [-0.2, 0) is 16.1 Å². The number of aliphatic hydroxyl groups excluding tert-OH is 1. The molecule has 0 saturated heterocycles. The van der Waals surface area contributed by atoms with Gasteiger partial charge in [0.15, 0.2) is 0 Å². The number of amides is 1. The van der Waals surface area contributed by atoms with E-state index in [2.05, 4.69) is 36.9 Å². The van der Waals surface area contributed by atoms with Crippen molar-refractivity contribution in [2.75, 3.05) is 6.61 Å². The highest BCUT2D eigenvalue weighted by molar-refractivity contribution is 9.11. The summed E-state index contributed by atoms with van der Waals surface area (Å²) in [6, 6.07) is 18.0. The summed E-state index contributed by atoms with van der Waals surface area (Å²) in [5, 5.41) is 21.8. The molecule has 0 aromatic heterocycles. The van der Waals surface area contributed by atoms with Gasteiger partial charge in [-0.3, -0.25) is 14.9 Å². The van der Waals surface area contributed by atoms with Crippen molar-refractivity contribution in [1.29, 1.82) is 0 Å². The third-order valence-electron chi connectivity index (χ3n) is 5.44. The Kier molecular flexibility index (Phi) is 9.56. The van der Waals surface area contributed by atoms with Crippen LogP contribution in [0.1, 0.15) is 28.4 Å². The standard InChI is InChI=1S/C28H20Br2N2O7S/c1-2-38-28(35)23-24(33)22(40-27(23)31-26(34)18-6-4-3-5-7-18)14-17-12-20(29)25(21(30)13-17)39-15-16-8-10-19(11-9-16)32(36)37/h3-14,33H,2,15H2,1H3/b22-14-,31-27?. The highest BCUT2D eigenvalue weighted by Gasteiger charge is 2.34. The first-order valence-electron chi connectivity index (χ1n) is 11.7. The van der Waals surface area contributed by atoms with Gasteiger partial charge in [0.05, 0.1) is 25.4 Å². The van der Waals surface area contributed by atoms with E-state index in [1.165, 1.54) is 12.1 Å². The quantitative estimate of drug-likeness (QED) is 0.147. The van der Waals surface area contributed by atoms with E-state index in [9.17, 15) is 24.8 Å². The van der Waals surface area contributed by atoms with Gasteiger partial charge in [-0.1, -0.05) is 30.0 Å². The zero-order valence-corrected chi connectivity index (χ0v) is 24.8. The van der Waals surface area contributed by atoms with Crippen molar-refractivity contribution < 1.29 is 29.1 Å². The second kappa shape index (κ2) is 13.1. The van der Waals surface area contributed by atoms with Crippen LogP contribution in [0.25, 0.3) is 6.08 Å². The Hall–Kier alpha value is -3.74. The number of aliphatic imine (C=N–C) groups is 1. The third-order valence-corrected chi connectivity index (χ3v) is 7.64. The molecule has 0 unspecified atom stereocenters. The number of aliphatic hydroxyl groups is 1. The van der Waals surface area contributed by atoms with E-state index in [1.54, 1.807) is 67.6 Å². The Balaban J connectivity index is 1.59. The van der Waals surface area contributed by atoms with Crippen LogP contribution in [-0.4, -0.2) is 33.6 Å². The van der Waals surface area contributed by atoms with Gasteiger partial charge in [-0.15, -0.1) is 0 Å². The highest BCUT2D eigenvalue weighted by Crippen LogP contribution is 2.41. The van der Waals surface area contributed by atoms with Crippen LogP contribution in [0.2, 0.25) is 0 Å². The molecule has 3 aromatic carbocycles. The molecule has 0 spiro atoms. The summed E-state index contributed by atoms with van der Waals surface area (Å²) in [5.74, 6) is -1.18. The smallest absolute Gasteiger partial charge is 0.344 e. The molecule has 0 radical (unpaired) electrons. The van der Waals surface area contributed by atoms with Crippen LogP contribution in [0.4, 0.5) is 5.69 Å². The molecule has 0 saturated carbocycles. The van der Waals surface area contributed by atoms with Crippen molar-refractivity contribution in [3.8, 4) is 5.75 Å². The maximum Gasteiger partial charge on any atom is 0.344 e. The summed E-state index contributed by atoms with van der Waals surface area (Å²) in [6.07, 6.45) is 1.64. The van der Waals surface area contributed by atoms with Crippen LogP contribution in [0.3, 0.4) is 0 Å². The van der Waals surface area contributed by atoms with Gasteiger partial charge < -0.3 is 14.6 Å². The molecule has 1 aliphatic rings. The first-order chi connectivity index (χ1) is 19.2. The van der Waals surface area contributed by atoms with Gasteiger partial charge in [-0.2, -0.15) is 0 Å². The zero-order chi connectivity index (χ0) is 28.8. The SMILES string of the molecule is CCOC(=O)C1=C(O)/C(=C/c2cc(Br)c(OCc3ccc([N+](=O)[O-])cc3)c(Br)c2)SC1=NC(=O)c1ccccc1. The maximum absolute atomic E-state index is 12.7. The zero-order valence-electron chi connectivity index (χ0n) is 20.8. The molecule has 0 bridgehead atoms. The predicted octanol–water partition coefficient (Wildman–Crippen LogP) is 7.40.